The van der Waals surface area contributed by atoms with Gasteiger partial charge in [0.15, 0.2) is 0 Å². The molecule has 25 heavy (non-hydrogen) atoms. The maximum absolute atomic E-state index is 12.2. The van der Waals surface area contributed by atoms with Gasteiger partial charge in [0.05, 0.1) is 17.8 Å². The number of amides is 1. The van der Waals surface area contributed by atoms with E-state index in [4.69, 9.17) is 16.3 Å². The molecular weight excluding hydrogens is 340 g/mol. The number of carbonyl (C=O) groups excluding carboxylic acids is 1. The maximum atomic E-state index is 12.2. The number of hydrogen-bond donors (Lipinski definition) is 2. The molecule has 0 unspecified atom stereocenters. The van der Waals surface area contributed by atoms with E-state index in [0.29, 0.717) is 28.4 Å². The van der Waals surface area contributed by atoms with E-state index in [-0.39, 0.29) is 17.9 Å². The minimum Gasteiger partial charge on any atom is -0.497 e. The van der Waals surface area contributed by atoms with E-state index < -0.39 is 0 Å². The second-order valence-corrected chi connectivity index (χ2v) is 6.01. The van der Waals surface area contributed by atoms with Gasteiger partial charge in [-0.1, -0.05) is 23.7 Å². The number of rotatable bonds is 5. The average Bonchev–Trinajstić information content (AvgIpc) is 2.61. The van der Waals surface area contributed by atoms with Crippen LogP contribution < -0.4 is 15.6 Å². The summed E-state index contributed by atoms with van der Waals surface area (Å²) in [5.74, 6) is 0.514. The molecule has 0 saturated heterocycles. The summed E-state index contributed by atoms with van der Waals surface area (Å²) in [4.78, 5) is 27.1. The normalized spacial score (nSPS) is 10.6. The molecule has 2 aromatic carbocycles. The predicted octanol–water partition coefficient (Wildman–Crippen LogP) is 3.76. The molecule has 128 valence electrons. The van der Waals surface area contributed by atoms with Crippen molar-refractivity contribution in [2.45, 2.75) is 12.8 Å². The molecule has 3 rings (SSSR count). The summed E-state index contributed by atoms with van der Waals surface area (Å²) >= 11 is 6.02. The number of carbonyl (C=O) groups is 1. The van der Waals surface area contributed by atoms with Crippen molar-refractivity contribution in [3.05, 3.63) is 69.5 Å². The predicted molar refractivity (Wildman–Crippen MR) is 99.5 cm³/mol. The van der Waals surface area contributed by atoms with E-state index in [2.05, 4.69) is 10.3 Å². The monoisotopic (exact) mass is 356 g/mol. The molecule has 0 saturated carbocycles. The maximum Gasteiger partial charge on any atom is 0.251 e. The van der Waals surface area contributed by atoms with Gasteiger partial charge in [0.25, 0.3) is 5.56 Å². The number of benzene rings is 2. The lowest BCUT2D eigenvalue weighted by atomic mass is 10.1. The lowest BCUT2D eigenvalue weighted by molar-refractivity contribution is -0.116. The number of ether oxygens (including phenoxy) is 1. The Morgan fingerprint density at radius 1 is 1.20 bits per heavy atom. The molecule has 0 aliphatic carbocycles. The first-order valence-electron chi connectivity index (χ1n) is 7.81. The van der Waals surface area contributed by atoms with Crippen molar-refractivity contribution in [2.24, 2.45) is 0 Å². The minimum atomic E-state index is -0.196. The summed E-state index contributed by atoms with van der Waals surface area (Å²) in [6, 6.07) is 14.2. The van der Waals surface area contributed by atoms with Gasteiger partial charge < -0.3 is 15.0 Å². The van der Waals surface area contributed by atoms with E-state index in [0.717, 1.165) is 10.9 Å². The smallest absolute Gasteiger partial charge is 0.251 e. The first-order chi connectivity index (χ1) is 12.1. The Balaban J connectivity index is 1.74. The topological polar surface area (TPSA) is 71.2 Å². The third-order valence-corrected chi connectivity index (χ3v) is 4.23. The van der Waals surface area contributed by atoms with Crippen LogP contribution in [0.4, 0.5) is 5.69 Å². The number of anilines is 1. The minimum absolute atomic E-state index is 0.184. The third kappa shape index (κ3) is 4.00. The van der Waals surface area contributed by atoms with Gasteiger partial charge >= 0.3 is 0 Å². The number of aromatic amines is 1. The van der Waals surface area contributed by atoms with E-state index in [1.165, 1.54) is 0 Å². The van der Waals surface area contributed by atoms with Crippen LogP contribution in [0.1, 0.15) is 12.0 Å². The van der Waals surface area contributed by atoms with Crippen LogP contribution in [0.5, 0.6) is 5.75 Å². The Bertz CT molecular complexity index is 982. The highest BCUT2D eigenvalue weighted by molar-refractivity contribution is 6.33. The van der Waals surface area contributed by atoms with Gasteiger partial charge in [-0.3, -0.25) is 9.59 Å². The van der Waals surface area contributed by atoms with Gasteiger partial charge in [-0.2, -0.15) is 0 Å². The van der Waals surface area contributed by atoms with Gasteiger partial charge in [0.1, 0.15) is 5.75 Å². The number of aryl methyl sites for hydroxylation is 1. The molecule has 2 N–H and O–H groups in total. The summed E-state index contributed by atoms with van der Waals surface area (Å²) in [5, 5.41) is 4.09. The fourth-order valence-corrected chi connectivity index (χ4v) is 2.75. The molecule has 5 nitrogen and oxygen atoms in total. The number of halogens is 1. The van der Waals surface area contributed by atoms with E-state index >= 15 is 0 Å². The largest absolute Gasteiger partial charge is 0.497 e. The fraction of sp³-hybridized carbons (Fsp3) is 0.158. The summed E-state index contributed by atoms with van der Waals surface area (Å²) in [5.41, 5.74) is 1.65. The van der Waals surface area contributed by atoms with Crippen molar-refractivity contribution in [3.63, 3.8) is 0 Å². The Morgan fingerprint density at radius 2 is 2.00 bits per heavy atom. The Kier molecular flexibility index (Phi) is 5.05. The lowest BCUT2D eigenvalue weighted by Crippen LogP contribution is -2.17. The molecule has 0 aliphatic rings. The van der Waals surface area contributed by atoms with Crippen LogP contribution in [0.3, 0.4) is 0 Å². The van der Waals surface area contributed by atoms with Crippen molar-refractivity contribution >= 4 is 34.1 Å². The zero-order chi connectivity index (χ0) is 17.8. The van der Waals surface area contributed by atoms with Crippen LogP contribution in [0, 0.1) is 0 Å². The molecule has 3 aromatic rings. The number of H-pyrrole nitrogens is 1. The van der Waals surface area contributed by atoms with Crippen LogP contribution in [0.2, 0.25) is 5.02 Å². The summed E-state index contributed by atoms with van der Waals surface area (Å²) in [7, 11) is 1.59. The molecular formula is C19H17ClN2O3. The molecule has 6 heteroatoms. The van der Waals surface area contributed by atoms with Crippen LogP contribution >= 0.6 is 11.6 Å². The molecule has 0 atom stereocenters. The van der Waals surface area contributed by atoms with E-state index in [9.17, 15) is 9.59 Å². The quantitative estimate of drug-likeness (QED) is 0.731. The molecule has 0 bridgehead atoms. The van der Waals surface area contributed by atoms with Crippen molar-refractivity contribution in [1.29, 1.82) is 0 Å². The molecule has 0 fully saturated rings. The fourth-order valence-electron chi connectivity index (χ4n) is 2.57. The summed E-state index contributed by atoms with van der Waals surface area (Å²) in [6.07, 6.45) is 0.516. The second-order valence-electron chi connectivity index (χ2n) is 5.60. The first kappa shape index (κ1) is 17.0. The molecule has 1 heterocycles. The van der Waals surface area contributed by atoms with Gasteiger partial charge in [-0.05, 0) is 42.8 Å². The number of aromatic nitrogens is 1. The summed E-state index contributed by atoms with van der Waals surface area (Å²) < 4.78 is 5.20. The van der Waals surface area contributed by atoms with Gasteiger partial charge in [-0.15, -0.1) is 0 Å². The lowest BCUT2D eigenvalue weighted by Gasteiger charge is -2.08. The Labute approximate surface area is 149 Å². The highest BCUT2D eigenvalue weighted by atomic mass is 35.5. The number of fused-ring (bicyclic) bond motifs is 1. The highest BCUT2D eigenvalue weighted by Gasteiger charge is 2.09. The zero-order valence-corrected chi connectivity index (χ0v) is 14.4. The number of nitrogens with one attached hydrogen (secondary N) is 2. The van der Waals surface area contributed by atoms with Crippen LogP contribution in [-0.4, -0.2) is 18.0 Å². The molecule has 0 radical (unpaired) electrons. The zero-order valence-electron chi connectivity index (χ0n) is 13.6. The van der Waals surface area contributed by atoms with Gasteiger partial charge in [0, 0.05) is 22.9 Å². The van der Waals surface area contributed by atoms with Crippen molar-refractivity contribution < 1.29 is 9.53 Å². The van der Waals surface area contributed by atoms with Gasteiger partial charge in [-0.25, -0.2) is 0 Å². The highest BCUT2D eigenvalue weighted by Crippen LogP contribution is 2.21. The average molecular weight is 357 g/mol. The number of pyridine rings is 1. The van der Waals surface area contributed by atoms with Crippen molar-refractivity contribution in [2.75, 3.05) is 12.4 Å². The Morgan fingerprint density at radius 3 is 2.76 bits per heavy atom. The van der Waals surface area contributed by atoms with E-state index in [1.54, 1.807) is 49.6 Å². The molecule has 1 aromatic heterocycles. The number of methoxy groups -OCH3 is 1. The van der Waals surface area contributed by atoms with Crippen LogP contribution in [0.25, 0.3) is 10.9 Å². The van der Waals surface area contributed by atoms with Crippen LogP contribution in [-0.2, 0) is 11.2 Å². The van der Waals surface area contributed by atoms with Gasteiger partial charge in [0.2, 0.25) is 5.91 Å². The third-order valence-electron chi connectivity index (χ3n) is 3.90. The summed E-state index contributed by atoms with van der Waals surface area (Å²) in [6.45, 7) is 0. The SMILES string of the molecule is COc1ccc2[nH]c(=O)c(CCC(=O)Nc3ccccc3Cl)cc2c1. The molecule has 1 amide bonds. The standard InChI is InChI=1S/C19H17ClN2O3/c1-25-14-7-8-16-13(11-14)10-12(19(24)22-16)6-9-18(23)21-17-5-3-2-4-15(17)20/h2-5,7-8,10-11H,6,9H2,1H3,(H,21,23)(H,22,24). The number of para-hydroxylation sites is 1. The molecule has 0 aliphatic heterocycles. The second kappa shape index (κ2) is 7.40. The first-order valence-corrected chi connectivity index (χ1v) is 8.19. The van der Waals surface area contributed by atoms with E-state index in [1.807, 2.05) is 6.07 Å². The van der Waals surface area contributed by atoms with Crippen molar-refractivity contribution in [1.82, 2.24) is 4.98 Å². The Hall–Kier alpha value is -2.79. The molecule has 0 spiro atoms. The van der Waals surface area contributed by atoms with Crippen molar-refractivity contribution in [3.8, 4) is 5.75 Å². The van der Waals surface area contributed by atoms with Crippen LogP contribution in [0.15, 0.2) is 53.3 Å². The number of hydrogen-bond acceptors (Lipinski definition) is 3.